The average Bonchev–Trinajstić information content (AvgIpc) is 2.04. The van der Waals surface area contributed by atoms with Crippen molar-refractivity contribution in [2.75, 3.05) is 32.9 Å². The molecule has 6 heteroatoms. The molecule has 15 heavy (non-hydrogen) atoms. The molecule has 0 atom stereocenters. The lowest BCUT2D eigenvalue weighted by atomic mass is 10.3. The van der Waals surface area contributed by atoms with Crippen molar-refractivity contribution >= 4 is 41.7 Å². The molecule has 0 radical (unpaired) electrons. The Balaban J connectivity index is -0.000000720. The van der Waals surface area contributed by atoms with Crippen LogP contribution in [0.1, 0.15) is 19.3 Å². The zero-order valence-electron chi connectivity index (χ0n) is 9.40. The second kappa shape index (κ2) is 14.5. The van der Waals surface area contributed by atoms with Gasteiger partial charge in [0.05, 0.1) is 0 Å². The normalized spacial score (nSPS) is 9.33. The maximum atomic E-state index is 11.2. The van der Waals surface area contributed by atoms with Crippen molar-refractivity contribution in [3.63, 3.8) is 0 Å². The van der Waals surface area contributed by atoms with E-state index in [1.54, 1.807) is 0 Å². The zero-order valence-corrected chi connectivity index (χ0v) is 11.8. The second-order valence-electron chi connectivity index (χ2n) is 3.27. The molecule has 2 N–H and O–H groups in total. The van der Waals surface area contributed by atoms with Crippen LogP contribution in [0.2, 0.25) is 0 Å². The molecule has 0 spiro atoms. The van der Waals surface area contributed by atoms with E-state index in [2.05, 4.69) is 4.90 Å². The smallest absolute Gasteiger partial charge is 0.188 e. The summed E-state index contributed by atoms with van der Waals surface area (Å²) in [7, 11) is 4.04. The van der Waals surface area contributed by atoms with E-state index >= 15 is 0 Å². The van der Waals surface area contributed by atoms with Crippen molar-refractivity contribution in [1.82, 2.24) is 4.90 Å². The number of nitrogens with zero attached hydrogens (tertiary/aromatic N) is 1. The predicted octanol–water partition coefficient (Wildman–Crippen LogP) is 1.78. The number of halogens is 2. The molecule has 3 nitrogen and oxygen atoms in total. The summed E-state index contributed by atoms with van der Waals surface area (Å²) in [6, 6.07) is 0. The van der Waals surface area contributed by atoms with E-state index in [0.29, 0.717) is 18.1 Å². The molecule has 0 unspecified atom stereocenters. The minimum Gasteiger partial charge on any atom is -0.330 e. The molecule has 0 rings (SSSR count). The highest BCUT2D eigenvalue weighted by Gasteiger charge is 2.01. The summed E-state index contributed by atoms with van der Waals surface area (Å²) in [4.78, 5) is 13.3. The molecule has 0 aliphatic heterocycles. The van der Waals surface area contributed by atoms with Crippen LogP contribution in [0, 0.1) is 0 Å². The number of rotatable bonds is 7. The number of thioether (sulfide) groups is 1. The van der Waals surface area contributed by atoms with Crippen LogP contribution in [0.15, 0.2) is 0 Å². The van der Waals surface area contributed by atoms with Crippen molar-refractivity contribution in [2.45, 2.75) is 19.3 Å². The van der Waals surface area contributed by atoms with Crippen LogP contribution in [0.5, 0.6) is 0 Å². The lowest BCUT2D eigenvalue weighted by Gasteiger charge is -2.07. The van der Waals surface area contributed by atoms with Gasteiger partial charge in [-0.1, -0.05) is 11.8 Å². The minimum atomic E-state index is 0. The van der Waals surface area contributed by atoms with Crippen LogP contribution < -0.4 is 5.73 Å². The van der Waals surface area contributed by atoms with Gasteiger partial charge in [-0.05, 0) is 40.0 Å². The maximum absolute atomic E-state index is 11.2. The fourth-order valence-corrected chi connectivity index (χ4v) is 1.71. The highest BCUT2D eigenvalue weighted by Crippen LogP contribution is 2.08. The number of nitrogens with two attached hydrogens (primary N) is 1. The summed E-state index contributed by atoms with van der Waals surface area (Å²) >= 11 is 1.42. The van der Waals surface area contributed by atoms with Gasteiger partial charge in [0.15, 0.2) is 5.12 Å². The highest BCUT2D eigenvalue weighted by atomic mass is 35.5. The van der Waals surface area contributed by atoms with Crippen molar-refractivity contribution in [2.24, 2.45) is 5.73 Å². The second-order valence-corrected chi connectivity index (χ2v) is 4.42. The highest BCUT2D eigenvalue weighted by molar-refractivity contribution is 8.13. The van der Waals surface area contributed by atoms with Crippen LogP contribution in [-0.4, -0.2) is 43.0 Å². The molecule has 0 heterocycles. The first-order chi connectivity index (χ1) is 6.16. The maximum Gasteiger partial charge on any atom is 0.188 e. The quantitative estimate of drug-likeness (QED) is 0.721. The molecule has 0 saturated heterocycles. The van der Waals surface area contributed by atoms with E-state index in [0.717, 1.165) is 25.1 Å². The summed E-state index contributed by atoms with van der Waals surface area (Å²) in [5, 5.41) is 0.301. The summed E-state index contributed by atoms with van der Waals surface area (Å²) in [5.41, 5.74) is 5.32. The third kappa shape index (κ3) is 17.2. The van der Waals surface area contributed by atoms with E-state index in [1.165, 1.54) is 11.8 Å². The minimum absolute atomic E-state index is 0. The monoisotopic (exact) mass is 276 g/mol. The predicted molar refractivity (Wildman–Crippen MR) is 73.4 cm³/mol. The van der Waals surface area contributed by atoms with Gasteiger partial charge in [-0.15, -0.1) is 24.8 Å². The molecule has 0 saturated carbocycles. The van der Waals surface area contributed by atoms with Crippen LogP contribution in [-0.2, 0) is 4.79 Å². The Morgan fingerprint density at radius 3 is 2.33 bits per heavy atom. The molecule has 94 valence electrons. The van der Waals surface area contributed by atoms with Crippen LogP contribution in [0.3, 0.4) is 0 Å². The van der Waals surface area contributed by atoms with Crippen molar-refractivity contribution in [1.29, 1.82) is 0 Å². The van der Waals surface area contributed by atoms with E-state index in [9.17, 15) is 4.79 Å². The summed E-state index contributed by atoms with van der Waals surface area (Å²) in [6.07, 6.45) is 2.58. The summed E-state index contributed by atoms with van der Waals surface area (Å²) < 4.78 is 0. The molecule has 0 aliphatic carbocycles. The lowest BCUT2D eigenvalue weighted by molar-refractivity contribution is -0.111. The van der Waals surface area contributed by atoms with Crippen molar-refractivity contribution in [3.8, 4) is 0 Å². The van der Waals surface area contributed by atoms with Crippen molar-refractivity contribution < 1.29 is 4.79 Å². The van der Waals surface area contributed by atoms with Gasteiger partial charge in [-0.25, -0.2) is 0 Å². The third-order valence-corrected chi connectivity index (χ3v) is 2.62. The number of hydrogen-bond acceptors (Lipinski definition) is 4. The fraction of sp³-hybridized carbons (Fsp3) is 0.889. The number of hydrogen-bond donors (Lipinski definition) is 1. The molecule has 0 amide bonds. The van der Waals surface area contributed by atoms with E-state index in [4.69, 9.17) is 5.73 Å². The van der Waals surface area contributed by atoms with Crippen LogP contribution in [0.25, 0.3) is 0 Å². The van der Waals surface area contributed by atoms with Gasteiger partial charge in [0.2, 0.25) is 0 Å². The Morgan fingerprint density at radius 1 is 1.27 bits per heavy atom. The molecule has 0 aromatic heterocycles. The van der Waals surface area contributed by atoms with Gasteiger partial charge >= 0.3 is 0 Å². The Bertz CT molecular complexity index is 148. The van der Waals surface area contributed by atoms with E-state index in [-0.39, 0.29) is 24.8 Å². The van der Waals surface area contributed by atoms with E-state index < -0.39 is 0 Å². The summed E-state index contributed by atoms with van der Waals surface area (Å²) in [5.74, 6) is 0.872. The van der Waals surface area contributed by atoms with E-state index in [1.807, 2.05) is 14.1 Å². The third-order valence-electron chi connectivity index (χ3n) is 1.60. The Hall–Kier alpha value is 0.520. The SMILES string of the molecule is CN(C)CCCC(=O)SCCCN.Cl.Cl. The lowest BCUT2D eigenvalue weighted by Crippen LogP contribution is -2.13. The molecule has 0 aliphatic rings. The topological polar surface area (TPSA) is 46.3 Å². The number of carbonyl (C=O) groups excluding carboxylic acids is 1. The first-order valence-corrected chi connectivity index (χ1v) is 5.65. The van der Waals surface area contributed by atoms with Gasteiger partial charge in [-0.3, -0.25) is 4.79 Å². The Morgan fingerprint density at radius 2 is 1.87 bits per heavy atom. The molecule has 0 aromatic carbocycles. The molecule has 0 aromatic rings. The standard InChI is InChI=1S/C9H20N2OS.2ClH/c1-11(2)7-3-5-9(12)13-8-4-6-10;;/h3-8,10H2,1-2H3;2*1H. The molecular weight excluding hydrogens is 255 g/mol. The van der Waals surface area contributed by atoms with Gasteiger partial charge in [-0.2, -0.15) is 0 Å². The Kier molecular flexibility index (Phi) is 20.2. The Labute approximate surface area is 109 Å². The zero-order chi connectivity index (χ0) is 10.1. The molecule has 0 fully saturated rings. The average molecular weight is 277 g/mol. The van der Waals surface area contributed by atoms with Crippen LogP contribution in [0.4, 0.5) is 0 Å². The largest absolute Gasteiger partial charge is 0.330 e. The van der Waals surface area contributed by atoms with Gasteiger partial charge in [0.25, 0.3) is 0 Å². The first kappa shape index (κ1) is 20.9. The van der Waals surface area contributed by atoms with Crippen molar-refractivity contribution in [3.05, 3.63) is 0 Å². The van der Waals surface area contributed by atoms with Gasteiger partial charge in [0, 0.05) is 12.2 Å². The molecule has 0 bridgehead atoms. The summed E-state index contributed by atoms with van der Waals surface area (Å²) in [6.45, 7) is 1.67. The number of carbonyl (C=O) groups is 1. The molecular formula is C9H22Cl2N2OS. The fourth-order valence-electron chi connectivity index (χ4n) is 0.881. The van der Waals surface area contributed by atoms with Gasteiger partial charge in [0.1, 0.15) is 0 Å². The van der Waals surface area contributed by atoms with Gasteiger partial charge < -0.3 is 10.6 Å². The first-order valence-electron chi connectivity index (χ1n) is 4.67. The van der Waals surface area contributed by atoms with Crippen LogP contribution >= 0.6 is 36.6 Å².